The van der Waals surface area contributed by atoms with E-state index in [4.69, 9.17) is 25.2 Å². The lowest BCUT2D eigenvalue weighted by molar-refractivity contribution is 0.0244. The number of anilines is 1. The van der Waals surface area contributed by atoms with Gasteiger partial charge in [-0.1, -0.05) is 11.1 Å². The first-order chi connectivity index (χ1) is 16.1. The second kappa shape index (κ2) is 13.3. The van der Waals surface area contributed by atoms with Gasteiger partial charge in [0.2, 0.25) is 5.88 Å². The van der Waals surface area contributed by atoms with E-state index in [1.54, 1.807) is 19.2 Å². The van der Waals surface area contributed by atoms with Crippen LogP contribution in [0.1, 0.15) is 12.0 Å². The van der Waals surface area contributed by atoms with Crippen LogP contribution in [-0.2, 0) is 20.8 Å². The molecule has 3 rings (SSSR count). The van der Waals surface area contributed by atoms with E-state index in [0.29, 0.717) is 64.1 Å². The van der Waals surface area contributed by atoms with Gasteiger partial charge in [0.25, 0.3) is 0 Å². The fraction of sp³-hybridized carbons (Fsp3) is 0.542. The SMILES string of the molecule is C#CCOC[C@@H](O)CN(CCCOC)Cc1c(-c2ccc(F)cc2)noc1N1CCOCC1. The Balaban J connectivity index is 1.85. The minimum atomic E-state index is -0.707. The van der Waals surface area contributed by atoms with Gasteiger partial charge in [0.05, 0.1) is 31.5 Å². The molecule has 0 spiro atoms. The van der Waals surface area contributed by atoms with Crippen molar-refractivity contribution in [2.75, 3.05) is 71.2 Å². The van der Waals surface area contributed by atoms with Crippen LogP contribution < -0.4 is 4.90 Å². The molecule has 1 aliphatic rings. The second-order valence-corrected chi connectivity index (χ2v) is 7.88. The third-order valence-corrected chi connectivity index (χ3v) is 5.35. The predicted molar refractivity (Wildman–Crippen MR) is 122 cm³/mol. The lowest BCUT2D eigenvalue weighted by atomic mass is 10.1. The summed E-state index contributed by atoms with van der Waals surface area (Å²) in [6.45, 7) is 5.06. The van der Waals surface area contributed by atoms with Crippen LogP contribution in [0.15, 0.2) is 28.8 Å². The maximum Gasteiger partial charge on any atom is 0.232 e. The van der Waals surface area contributed by atoms with Crippen LogP contribution >= 0.6 is 0 Å². The predicted octanol–water partition coefficient (Wildman–Crippen LogP) is 2.17. The molecule has 1 fully saturated rings. The van der Waals surface area contributed by atoms with Crippen LogP contribution in [-0.4, -0.2) is 87.6 Å². The lowest BCUT2D eigenvalue weighted by Gasteiger charge is -2.29. The van der Waals surface area contributed by atoms with E-state index < -0.39 is 6.10 Å². The molecule has 180 valence electrons. The van der Waals surface area contributed by atoms with E-state index in [1.165, 1.54) is 12.1 Å². The molecule has 1 N–H and O–H groups in total. The van der Waals surface area contributed by atoms with Gasteiger partial charge in [-0.25, -0.2) is 4.39 Å². The summed E-state index contributed by atoms with van der Waals surface area (Å²) in [6.07, 6.45) is 5.30. The van der Waals surface area contributed by atoms with Gasteiger partial charge < -0.3 is 28.7 Å². The Labute approximate surface area is 194 Å². The van der Waals surface area contributed by atoms with E-state index in [-0.39, 0.29) is 19.0 Å². The highest BCUT2D eigenvalue weighted by molar-refractivity contribution is 5.68. The molecule has 9 heteroatoms. The molecule has 1 atom stereocenters. The molecule has 0 unspecified atom stereocenters. The van der Waals surface area contributed by atoms with Gasteiger partial charge in [-0.3, -0.25) is 4.90 Å². The first-order valence-corrected chi connectivity index (χ1v) is 11.1. The number of terminal acetylenes is 1. The van der Waals surface area contributed by atoms with Crippen LogP contribution in [0.2, 0.25) is 0 Å². The fourth-order valence-electron chi connectivity index (χ4n) is 3.79. The second-order valence-electron chi connectivity index (χ2n) is 7.88. The largest absolute Gasteiger partial charge is 0.389 e. The van der Waals surface area contributed by atoms with Crippen LogP contribution in [0.25, 0.3) is 11.3 Å². The summed E-state index contributed by atoms with van der Waals surface area (Å²) in [5.41, 5.74) is 2.31. The number of halogens is 1. The van der Waals surface area contributed by atoms with Gasteiger partial charge in [0.15, 0.2) is 0 Å². The standard InChI is InChI=1S/C24H32FN3O5/c1-3-12-32-18-21(29)16-27(9-4-13-30-2)17-22-23(19-5-7-20(25)8-6-19)26-33-24(22)28-10-14-31-15-11-28/h1,5-8,21,29H,4,9-18H2,2H3/t21-/m0/s1. The van der Waals surface area contributed by atoms with Crippen molar-refractivity contribution < 1.29 is 28.2 Å². The average Bonchev–Trinajstić information content (AvgIpc) is 3.24. The molecule has 8 nitrogen and oxygen atoms in total. The minimum absolute atomic E-state index is 0.149. The molecular formula is C24H32FN3O5. The topological polar surface area (TPSA) is 80.4 Å². The third kappa shape index (κ3) is 7.52. The van der Waals surface area contributed by atoms with E-state index >= 15 is 0 Å². The van der Waals surface area contributed by atoms with Crippen molar-refractivity contribution in [1.82, 2.24) is 10.1 Å². The van der Waals surface area contributed by atoms with Crippen molar-refractivity contribution >= 4 is 5.88 Å². The van der Waals surface area contributed by atoms with Crippen LogP contribution in [0, 0.1) is 18.2 Å². The zero-order valence-corrected chi connectivity index (χ0v) is 19.0. The van der Waals surface area contributed by atoms with Crippen molar-refractivity contribution in [3.05, 3.63) is 35.6 Å². The summed E-state index contributed by atoms with van der Waals surface area (Å²) < 4.78 is 35.3. The smallest absolute Gasteiger partial charge is 0.232 e. The molecule has 0 saturated carbocycles. The number of nitrogens with zero attached hydrogens (tertiary/aromatic N) is 3. The Morgan fingerprint density at radius 1 is 1.30 bits per heavy atom. The van der Waals surface area contributed by atoms with Crippen molar-refractivity contribution in [1.29, 1.82) is 0 Å². The zero-order valence-electron chi connectivity index (χ0n) is 19.0. The monoisotopic (exact) mass is 461 g/mol. The molecule has 1 aromatic carbocycles. The summed E-state index contributed by atoms with van der Waals surface area (Å²) in [5.74, 6) is 2.76. The molecule has 1 saturated heterocycles. The minimum Gasteiger partial charge on any atom is -0.389 e. The van der Waals surface area contributed by atoms with Crippen LogP contribution in [0.5, 0.6) is 0 Å². The molecule has 1 aliphatic heterocycles. The van der Waals surface area contributed by atoms with Crippen molar-refractivity contribution in [3.63, 3.8) is 0 Å². The number of aliphatic hydroxyl groups excluding tert-OH is 1. The Morgan fingerprint density at radius 2 is 2.06 bits per heavy atom. The number of hydrogen-bond donors (Lipinski definition) is 1. The number of hydrogen-bond acceptors (Lipinski definition) is 8. The van der Waals surface area contributed by atoms with Gasteiger partial charge in [-0.2, -0.15) is 0 Å². The van der Waals surface area contributed by atoms with Crippen LogP contribution in [0.4, 0.5) is 10.3 Å². The Kier molecular flexibility index (Phi) is 10.1. The number of morpholine rings is 1. The highest BCUT2D eigenvalue weighted by Crippen LogP contribution is 2.33. The molecule has 0 bridgehead atoms. The molecule has 2 heterocycles. The fourth-order valence-corrected chi connectivity index (χ4v) is 3.79. The molecule has 33 heavy (non-hydrogen) atoms. The maximum atomic E-state index is 13.5. The number of aromatic nitrogens is 1. The van der Waals surface area contributed by atoms with Crippen LogP contribution in [0.3, 0.4) is 0 Å². The first-order valence-electron chi connectivity index (χ1n) is 11.1. The summed E-state index contributed by atoms with van der Waals surface area (Å²) in [6, 6.07) is 6.20. The average molecular weight is 462 g/mol. The summed E-state index contributed by atoms with van der Waals surface area (Å²) in [7, 11) is 1.66. The normalized spacial score (nSPS) is 15.1. The maximum absolute atomic E-state index is 13.5. The van der Waals surface area contributed by atoms with Crippen molar-refractivity contribution in [3.8, 4) is 23.6 Å². The Bertz CT molecular complexity index is 877. The first kappa shape index (κ1) is 25.1. The molecule has 0 amide bonds. The lowest BCUT2D eigenvalue weighted by Crippen LogP contribution is -2.38. The molecule has 1 aromatic heterocycles. The van der Waals surface area contributed by atoms with Crippen molar-refractivity contribution in [2.45, 2.75) is 19.1 Å². The number of benzene rings is 1. The highest BCUT2D eigenvalue weighted by atomic mass is 19.1. The van der Waals surface area contributed by atoms with E-state index in [1.807, 2.05) is 0 Å². The number of methoxy groups -OCH3 is 1. The Morgan fingerprint density at radius 3 is 2.76 bits per heavy atom. The molecule has 0 aliphatic carbocycles. The summed E-state index contributed by atoms with van der Waals surface area (Å²) >= 11 is 0. The summed E-state index contributed by atoms with van der Waals surface area (Å²) in [5, 5.41) is 14.8. The van der Waals surface area contributed by atoms with Gasteiger partial charge >= 0.3 is 0 Å². The van der Waals surface area contributed by atoms with E-state index in [9.17, 15) is 9.50 Å². The Hall–Kier alpha value is -2.48. The quantitative estimate of drug-likeness (QED) is 0.359. The third-order valence-electron chi connectivity index (χ3n) is 5.35. The molecule has 2 aromatic rings. The van der Waals surface area contributed by atoms with Gasteiger partial charge in [-0.05, 0) is 30.7 Å². The zero-order chi connectivity index (χ0) is 23.5. The molecule has 0 radical (unpaired) electrons. The number of ether oxygens (including phenoxy) is 3. The van der Waals surface area contributed by atoms with E-state index in [0.717, 1.165) is 17.5 Å². The van der Waals surface area contributed by atoms with Gasteiger partial charge in [0.1, 0.15) is 18.1 Å². The highest BCUT2D eigenvalue weighted by Gasteiger charge is 2.26. The number of rotatable bonds is 13. The summed E-state index contributed by atoms with van der Waals surface area (Å²) in [4.78, 5) is 4.23. The van der Waals surface area contributed by atoms with E-state index in [2.05, 4.69) is 20.9 Å². The molecular weight excluding hydrogens is 429 g/mol. The number of aliphatic hydroxyl groups is 1. The van der Waals surface area contributed by atoms with Gasteiger partial charge in [0, 0.05) is 52.0 Å². The van der Waals surface area contributed by atoms with Gasteiger partial charge in [-0.15, -0.1) is 6.42 Å². The van der Waals surface area contributed by atoms with Crippen molar-refractivity contribution in [2.24, 2.45) is 0 Å².